The molecular formula is C11H12F3N3. The Morgan fingerprint density at radius 2 is 1.76 bits per heavy atom. The molecule has 6 heteroatoms. The van der Waals surface area contributed by atoms with Crippen LogP contribution in [0.25, 0.3) is 5.65 Å². The van der Waals surface area contributed by atoms with Crippen LogP contribution >= 0.6 is 0 Å². The zero-order valence-corrected chi connectivity index (χ0v) is 9.71. The lowest BCUT2D eigenvalue weighted by molar-refractivity contribution is -0.141. The molecule has 2 heterocycles. The number of hydrogen-bond acceptors (Lipinski definition) is 2. The lowest BCUT2D eigenvalue weighted by Crippen LogP contribution is -2.11. The van der Waals surface area contributed by atoms with Crippen molar-refractivity contribution in [3.63, 3.8) is 0 Å². The van der Waals surface area contributed by atoms with Gasteiger partial charge in [0.2, 0.25) is 0 Å². The summed E-state index contributed by atoms with van der Waals surface area (Å²) in [6.07, 6.45) is -3.14. The van der Waals surface area contributed by atoms with Crippen molar-refractivity contribution in [2.24, 2.45) is 0 Å². The van der Waals surface area contributed by atoms with Crippen molar-refractivity contribution in [2.45, 2.75) is 32.4 Å². The molecular weight excluding hydrogens is 231 g/mol. The Kier molecular flexibility index (Phi) is 2.41. The molecule has 0 aromatic carbocycles. The van der Waals surface area contributed by atoms with Crippen molar-refractivity contribution < 1.29 is 13.2 Å². The smallest absolute Gasteiger partial charge is 0.224 e. The van der Waals surface area contributed by atoms with E-state index in [-0.39, 0.29) is 11.1 Å². The van der Waals surface area contributed by atoms with Gasteiger partial charge in [0.1, 0.15) is 5.69 Å². The highest BCUT2D eigenvalue weighted by molar-refractivity contribution is 5.41. The summed E-state index contributed by atoms with van der Waals surface area (Å²) < 4.78 is 38.8. The van der Waals surface area contributed by atoms with Gasteiger partial charge in [-0.1, -0.05) is 20.8 Å². The van der Waals surface area contributed by atoms with Crippen molar-refractivity contribution in [3.8, 4) is 0 Å². The number of alkyl halides is 3. The van der Waals surface area contributed by atoms with E-state index in [2.05, 4.69) is 10.1 Å². The van der Waals surface area contributed by atoms with Crippen LogP contribution in [0.5, 0.6) is 0 Å². The molecule has 92 valence electrons. The van der Waals surface area contributed by atoms with E-state index in [9.17, 15) is 13.2 Å². The van der Waals surface area contributed by atoms with Crippen LogP contribution in [-0.4, -0.2) is 14.6 Å². The van der Waals surface area contributed by atoms with Gasteiger partial charge in [-0.2, -0.15) is 18.3 Å². The van der Waals surface area contributed by atoms with E-state index in [4.69, 9.17) is 0 Å². The fourth-order valence-corrected chi connectivity index (χ4v) is 1.40. The van der Waals surface area contributed by atoms with Crippen LogP contribution in [0.15, 0.2) is 18.3 Å². The summed E-state index contributed by atoms with van der Waals surface area (Å²) in [4.78, 5) is 3.56. The number of aromatic nitrogens is 3. The molecule has 2 aromatic rings. The van der Waals surface area contributed by atoms with Crippen LogP contribution in [0, 0.1) is 0 Å². The van der Waals surface area contributed by atoms with Crippen LogP contribution in [0.1, 0.15) is 32.2 Å². The quantitative estimate of drug-likeness (QED) is 0.711. The van der Waals surface area contributed by atoms with Gasteiger partial charge < -0.3 is 0 Å². The maximum Gasteiger partial charge on any atom is 0.433 e. The highest BCUT2D eigenvalue weighted by atomic mass is 19.4. The van der Waals surface area contributed by atoms with Gasteiger partial charge >= 0.3 is 6.18 Å². The lowest BCUT2D eigenvalue weighted by Gasteiger charge is -2.13. The molecule has 0 aliphatic heterocycles. The number of halogens is 3. The van der Waals surface area contributed by atoms with Crippen LogP contribution in [0.4, 0.5) is 13.2 Å². The first-order valence-electron chi connectivity index (χ1n) is 5.12. The fraction of sp³-hybridized carbons (Fsp3) is 0.455. The van der Waals surface area contributed by atoms with Gasteiger partial charge in [-0.15, -0.1) is 0 Å². The predicted octanol–water partition coefficient (Wildman–Crippen LogP) is 3.05. The molecule has 2 rings (SSSR count). The van der Waals surface area contributed by atoms with E-state index in [1.807, 2.05) is 20.8 Å². The second-order valence-electron chi connectivity index (χ2n) is 4.89. The number of hydrogen-bond donors (Lipinski definition) is 0. The van der Waals surface area contributed by atoms with Crippen LogP contribution in [0.2, 0.25) is 0 Å². The highest BCUT2D eigenvalue weighted by Gasteiger charge is 2.33. The molecule has 2 aromatic heterocycles. The zero-order valence-electron chi connectivity index (χ0n) is 9.71. The largest absolute Gasteiger partial charge is 0.433 e. The second kappa shape index (κ2) is 3.45. The Balaban J connectivity index is 2.56. The first-order valence-corrected chi connectivity index (χ1v) is 5.12. The van der Waals surface area contributed by atoms with Crippen molar-refractivity contribution in [3.05, 3.63) is 29.7 Å². The minimum atomic E-state index is -4.42. The normalized spacial score (nSPS) is 13.3. The minimum Gasteiger partial charge on any atom is -0.224 e. The maximum absolute atomic E-state index is 12.5. The van der Waals surface area contributed by atoms with Gasteiger partial charge in [0.05, 0.1) is 5.69 Å². The first-order chi connectivity index (χ1) is 7.68. The van der Waals surface area contributed by atoms with E-state index in [1.165, 1.54) is 10.7 Å². The second-order valence-corrected chi connectivity index (χ2v) is 4.89. The molecule has 0 saturated carbocycles. The van der Waals surface area contributed by atoms with Crippen molar-refractivity contribution in [1.29, 1.82) is 0 Å². The summed E-state index contributed by atoms with van der Waals surface area (Å²) in [7, 11) is 0. The van der Waals surface area contributed by atoms with Crippen molar-refractivity contribution in [2.75, 3.05) is 0 Å². The van der Waals surface area contributed by atoms with Gasteiger partial charge in [0.15, 0.2) is 5.65 Å². The van der Waals surface area contributed by atoms with Crippen molar-refractivity contribution >= 4 is 5.65 Å². The molecule has 0 aliphatic rings. The number of fused-ring (bicyclic) bond motifs is 1. The average Bonchev–Trinajstić information content (AvgIpc) is 2.57. The van der Waals surface area contributed by atoms with Gasteiger partial charge in [-0.05, 0) is 6.07 Å². The monoisotopic (exact) mass is 243 g/mol. The third kappa shape index (κ3) is 2.25. The standard InChI is InChI=1S/C11H12F3N3/c1-10(2,3)8-6-9-15-7(11(12,13)14)4-5-17(9)16-8/h4-6H,1-3H3. The van der Waals surface area contributed by atoms with Crippen molar-refractivity contribution in [1.82, 2.24) is 14.6 Å². The fourth-order valence-electron chi connectivity index (χ4n) is 1.40. The van der Waals surface area contributed by atoms with Gasteiger partial charge in [0.25, 0.3) is 0 Å². The molecule has 17 heavy (non-hydrogen) atoms. The third-order valence-corrected chi connectivity index (χ3v) is 2.38. The molecule has 0 atom stereocenters. The third-order valence-electron chi connectivity index (χ3n) is 2.38. The number of rotatable bonds is 0. The Bertz CT molecular complexity index is 537. The van der Waals surface area contributed by atoms with Gasteiger partial charge in [-0.3, -0.25) is 0 Å². The highest BCUT2D eigenvalue weighted by Crippen LogP contribution is 2.28. The average molecular weight is 243 g/mol. The molecule has 0 N–H and O–H groups in total. The summed E-state index contributed by atoms with van der Waals surface area (Å²) in [6.45, 7) is 5.83. The summed E-state index contributed by atoms with van der Waals surface area (Å²) in [5.41, 5.74) is -0.189. The van der Waals surface area contributed by atoms with Gasteiger partial charge in [-0.25, -0.2) is 9.50 Å². The molecule has 0 saturated heterocycles. The van der Waals surface area contributed by atoms with Gasteiger partial charge in [0, 0.05) is 17.7 Å². The Morgan fingerprint density at radius 1 is 1.12 bits per heavy atom. The molecule has 0 radical (unpaired) electrons. The Hall–Kier alpha value is -1.59. The van der Waals surface area contributed by atoms with Crippen LogP contribution < -0.4 is 0 Å². The summed E-state index contributed by atoms with van der Waals surface area (Å²) in [6, 6.07) is 2.50. The van der Waals surface area contributed by atoms with E-state index in [0.29, 0.717) is 5.69 Å². The molecule has 3 nitrogen and oxygen atoms in total. The summed E-state index contributed by atoms with van der Waals surface area (Å²) in [5.74, 6) is 0. The zero-order chi connectivity index (χ0) is 12.8. The Morgan fingerprint density at radius 3 is 2.29 bits per heavy atom. The summed E-state index contributed by atoms with van der Waals surface area (Å²) in [5, 5.41) is 4.19. The maximum atomic E-state index is 12.5. The SMILES string of the molecule is CC(C)(C)c1cc2nc(C(F)(F)F)ccn2n1. The first kappa shape index (κ1) is 11.9. The number of nitrogens with zero attached hydrogens (tertiary/aromatic N) is 3. The predicted molar refractivity (Wildman–Crippen MR) is 56.7 cm³/mol. The summed E-state index contributed by atoms with van der Waals surface area (Å²) >= 11 is 0. The van der Waals surface area contributed by atoms with E-state index >= 15 is 0 Å². The van der Waals surface area contributed by atoms with Crippen LogP contribution in [0.3, 0.4) is 0 Å². The molecule has 0 spiro atoms. The molecule has 0 fully saturated rings. The minimum absolute atomic E-state index is 0.213. The van der Waals surface area contributed by atoms with Crippen LogP contribution in [-0.2, 0) is 11.6 Å². The lowest BCUT2D eigenvalue weighted by atomic mass is 9.93. The topological polar surface area (TPSA) is 30.2 Å². The Labute approximate surface area is 96.3 Å². The molecule has 0 aliphatic carbocycles. The molecule has 0 unspecified atom stereocenters. The molecule has 0 bridgehead atoms. The van der Waals surface area contributed by atoms with E-state index in [1.54, 1.807) is 6.07 Å². The van der Waals surface area contributed by atoms with E-state index < -0.39 is 11.9 Å². The van der Waals surface area contributed by atoms with E-state index in [0.717, 1.165) is 6.07 Å². The molecule has 0 amide bonds.